The Bertz CT molecular complexity index is 1010. The molecular formula is C16H13FN2O3S2. The van der Waals surface area contributed by atoms with E-state index in [2.05, 4.69) is 10.3 Å². The molecule has 3 aromatic rings. The topological polar surface area (TPSA) is 76.1 Å². The normalized spacial score (nSPS) is 11.6. The van der Waals surface area contributed by atoms with Crippen LogP contribution in [-0.2, 0) is 21.1 Å². The zero-order chi connectivity index (χ0) is 17.3. The molecule has 0 aliphatic carbocycles. The van der Waals surface area contributed by atoms with Crippen LogP contribution in [0.15, 0.2) is 47.4 Å². The van der Waals surface area contributed by atoms with Gasteiger partial charge in [-0.25, -0.2) is 17.8 Å². The van der Waals surface area contributed by atoms with Gasteiger partial charge in [-0.05, 0) is 35.9 Å². The Kier molecular flexibility index (Phi) is 4.33. The molecule has 0 aliphatic heterocycles. The molecule has 24 heavy (non-hydrogen) atoms. The van der Waals surface area contributed by atoms with Crippen molar-refractivity contribution in [2.45, 2.75) is 11.3 Å². The van der Waals surface area contributed by atoms with Crippen molar-refractivity contribution in [3.05, 3.63) is 53.8 Å². The molecule has 1 aromatic heterocycles. The Morgan fingerprint density at radius 2 is 1.92 bits per heavy atom. The molecule has 3 rings (SSSR count). The number of halogens is 1. The van der Waals surface area contributed by atoms with Gasteiger partial charge in [-0.2, -0.15) is 0 Å². The van der Waals surface area contributed by atoms with Crippen molar-refractivity contribution in [1.29, 1.82) is 0 Å². The zero-order valence-corrected chi connectivity index (χ0v) is 14.2. The van der Waals surface area contributed by atoms with Crippen molar-refractivity contribution in [1.82, 2.24) is 4.98 Å². The molecule has 1 heterocycles. The largest absolute Gasteiger partial charge is 0.302 e. The number of carbonyl (C=O) groups excluding carboxylic acids is 1. The lowest BCUT2D eigenvalue weighted by Gasteiger charge is -2.03. The minimum atomic E-state index is -3.25. The molecule has 1 amide bonds. The highest BCUT2D eigenvalue weighted by atomic mass is 32.2. The van der Waals surface area contributed by atoms with Gasteiger partial charge in [0.15, 0.2) is 15.0 Å². The van der Waals surface area contributed by atoms with Gasteiger partial charge in [0.1, 0.15) is 5.82 Å². The number of hydrogen-bond donors (Lipinski definition) is 1. The number of nitrogens with zero attached hydrogens (tertiary/aromatic N) is 1. The van der Waals surface area contributed by atoms with E-state index < -0.39 is 9.84 Å². The Morgan fingerprint density at radius 1 is 1.21 bits per heavy atom. The van der Waals surface area contributed by atoms with Crippen LogP contribution in [0.5, 0.6) is 0 Å². The number of fused-ring (bicyclic) bond motifs is 1. The number of carbonyl (C=O) groups is 1. The second kappa shape index (κ2) is 6.29. The molecule has 0 fully saturated rings. The van der Waals surface area contributed by atoms with Gasteiger partial charge < -0.3 is 5.32 Å². The molecule has 0 atom stereocenters. The monoisotopic (exact) mass is 364 g/mol. The van der Waals surface area contributed by atoms with Crippen LogP contribution in [-0.4, -0.2) is 25.6 Å². The summed E-state index contributed by atoms with van der Waals surface area (Å²) >= 11 is 1.19. The van der Waals surface area contributed by atoms with Crippen LogP contribution in [0.1, 0.15) is 5.56 Å². The maximum atomic E-state index is 13.2. The molecule has 1 N–H and O–H groups in total. The van der Waals surface area contributed by atoms with Crippen molar-refractivity contribution in [3.63, 3.8) is 0 Å². The second-order valence-corrected chi connectivity index (χ2v) is 8.32. The van der Waals surface area contributed by atoms with Crippen LogP contribution in [0.4, 0.5) is 9.52 Å². The number of rotatable bonds is 4. The molecule has 0 bridgehead atoms. The summed E-state index contributed by atoms with van der Waals surface area (Å²) in [5, 5.41) is 3.07. The van der Waals surface area contributed by atoms with Crippen molar-refractivity contribution < 1.29 is 17.6 Å². The molecule has 0 radical (unpaired) electrons. The molecule has 0 unspecified atom stereocenters. The maximum Gasteiger partial charge on any atom is 0.230 e. The summed E-state index contributed by atoms with van der Waals surface area (Å²) < 4.78 is 36.6. The fourth-order valence-electron chi connectivity index (χ4n) is 2.16. The first-order chi connectivity index (χ1) is 11.3. The third-order valence-electron chi connectivity index (χ3n) is 3.31. The SMILES string of the molecule is CS(=O)(=O)c1ccc(CC(=O)Nc2nc3ccc(F)cc3s2)cc1. The van der Waals surface area contributed by atoms with E-state index in [1.807, 2.05) is 0 Å². The third-order valence-corrected chi connectivity index (χ3v) is 5.38. The molecule has 5 nitrogen and oxygen atoms in total. The Balaban J connectivity index is 1.70. The zero-order valence-electron chi connectivity index (χ0n) is 12.6. The predicted molar refractivity (Wildman–Crippen MR) is 91.5 cm³/mol. The van der Waals surface area contributed by atoms with Gasteiger partial charge >= 0.3 is 0 Å². The summed E-state index contributed by atoms with van der Waals surface area (Å²) in [6.45, 7) is 0. The first kappa shape index (κ1) is 16.5. The highest BCUT2D eigenvalue weighted by Gasteiger charge is 2.11. The van der Waals surface area contributed by atoms with E-state index in [-0.39, 0.29) is 23.0 Å². The van der Waals surface area contributed by atoms with Crippen LogP contribution >= 0.6 is 11.3 Å². The third kappa shape index (κ3) is 3.77. The van der Waals surface area contributed by atoms with E-state index in [9.17, 15) is 17.6 Å². The van der Waals surface area contributed by atoms with Gasteiger partial charge in [0, 0.05) is 6.26 Å². The number of nitrogens with one attached hydrogen (secondary N) is 1. The summed E-state index contributed by atoms with van der Waals surface area (Å²) in [5.41, 5.74) is 1.31. The smallest absolute Gasteiger partial charge is 0.230 e. The summed E-state index contributed by atoms with van der Waals surface area (Å²) in [6.07, 6.45) is 1.22. The fraction of sp³-hybridized carbons (Fsp3) is 0.125. The van der Waals surface area contributed by atoms with Gasteiger partial charge in [-0.3, -0.25) is 4.79 Å². The number of benzene rings is 2. The van der Waals surface area contributed by atoms with E-state index in [1.54, 1.807) is 18.2 Å². The first-order valence-electron chi connectivity index (χ1n) is 6.96. The van der Waals surface area contributed by atoms with Gasteiger partial charge in [0.05, 0.1) is 21.5 Å². The lowest BCUT2D eigenvalue weighted by atomic mass is 10.1. The standard InChI is InChI=1S/C16H13FN2O3S2/c1-24(21,22)12-5-2-10(3-6-12)8-15(20)19-16-18-13-7-4-11(17)9-14(13)23-16/h2-7,9H,8H2,1H3,(H,18,19,20). The number of hydrogen-bond acceptors (Lipinski definition) is 5. The van der Waals surface area contributed by atoms with E-state index in [0.717, 1.165) is 6.26 Å². The van der Waals surface area contributed by atoms with Crippen molar-refractivity contribution >= 4 is 42.4 Å². The van der Waals surface area contributed by atoms with E-state index in [4.69, 9.17) is 0 Å². The van der Waals surface area contributed by atoms with Crippen LogP contribution in [0.25, 0.3) is 10.2 Å². The second-order valence-electron chi connectivity index (χ2n) is 5.27. The molecule has 2 aromatic carbocycles. The fourth-order valence-corrected chi connectivity index (χ4v) is 3.69. The quantitative estimate of drug-likeness (QED) is 0.772. The lowest BCUT2D eigenvalue weighted by molar-refractivity contribution is -0.115. The van der Waals surface area contributed by atoms with Crippen molar-refractivity contribution in [3.8, 4) is 0 Å². The van der Waals surface area contributed by atoms with Crippen LogP contribution in [0, 0.1) is 5.82 Å². The molecule has 0 spiro atoms. The van der Waals surface area contributed by atoms with Crippen LogP contribution in [0.3, 0.4) is 0 Å². The minimum Gasteiger partial charge on any atom is -0.302 e. The number of sulfone groups is 1. The highest BCUT2D eigenvalue weighted by molar-refractivity contribution is 7.90. The van der Waals surface area contributed by atoms with Gasteiger partial charge in [0.2, 0.25) is 5.91 Å². The lowest BCUT2D eigenvalue weighted by Crippen LogP contribution is -2.14. The van der Waals surface area contributed by atoms with Crippen molar-refractivity contribution in [2.24, 2.45) is 0 Å². The average Bonchev–Trinajstić information content (AvgIpc) is 2.87. The molecular weight excluding hydrogens is 351 g/mol. The van der Waals surface area contributed by atoms with E-state index in [0.29, 0.717) is 20.9 Å². The van der Waals surface area contributed by atoms with Crippen molar-refractivity contribution in [2.75, 3.05) is 11.6 Å². The van der Waals surface area contributed by atoms with E-state index in [1.165, 1.54) is 35.6 Å². The first-order valence-corrected chi connectivity index (χ1v) is 9.67. The number of amides is 1. The molecule has 8 heteroatoms. The Labute approximate surface area is 142 Å². The Morgan fingerprint density at radius 3 is 2.58 bits per heavy atom. The van der Waals surface area contributed by atoms with Gasteiger partial charge in [-0.1, -0.05) is 23.5 Å². The summed E-state index contributed by atoms with van der Waals surface area (Å²) in [4.78, 5) is 16.5. The number of aromatic nitrogens is 1. The molecule has 124 valence electrons. The Hall–Kier alpha value is -2.32. The minimum absolute atomic E-state index is 0.0916. The summed E-state index contributed by atoms with van der Waals surface area (Å²) in [7, 11) is -3.25. The maximum absolute atomic E-state index is 13.2. The van der Waals surface area contributed by atoms with Crippen LogP contribution in [0.2, 0.25) is 0 Å². The number of thiazole rings is 1. The summed E-state index contributed by atoms with van der Waals surface area (Å²) in [6, 6.07) is 10.4. The molecule has 0 saturated heterocycles. The highest BCUT2D eigenvalue weighted by Crippen LogP contribution is 2.26. The number of anilines is 1. The van der Waals surface area contributed by atoms with Gasteiger partial charge in [0.25, 0.3) is 0 Å². The molecule has 0 saturated carbocycles. The van der Waals surface area contributed by atoms with Crippen LogP contribution < -0.4 is 5.32 Å². The molecule has 0 aliphatic rings. The summed E-state index contributed by atoms with van der Waals surface area (Å²) in [5.74, 6) is -0.628. The van der Waals surface area contributed by atoms with Gasteiger partial charge in [-0.15, -0.1) is 0 Å². The predicted octanol–water partition coefficient (Wildman–Crippen LogP) is 3.02. The van der Waals surface area contributed by atoms with E-state index >= 15 is 0 Å². The average molecular weight is 364 g/mol.